The average molecular weight is 395 g/mol. The minimum absolute atomic E-state index is 0.300. The summed E-state index contributed by atoms with van der Waals surface area (Å²) in [6.45, 7) is 7.97. The first-order valence-electron chi connectivity index (χ1n) is 8.49. The van der Waals surface area contributed by atoms with E-state index in [1.165, 1.54) is 18.4 Å². The molecule has 5 nitrogen and oxygen atoms in total. The normalized spacial score (nSPS) is 11.0. The zero-order valence-corrected chi connectivity index (χ0v) is 17.0. The average Bonchev–Trinajstić information content (AvgIpc) is 3.01. The maximum Gasteiger partial charge on any atom is 0.342 e. The van der Waals surface area contributed by atoms with Crippen molar-refractivity contribution in [1.29, 1.82) is 0 Å². The third-order valence-electron chi connectivity index (χ3n) is 3.80. The second-order valence-corrected chi connectivity index (χ2v) is 6.67. The van der Waals surface area contributed by atoms with Crippen molar-refractivity contribution in [2.24, 2.45) is 0 Å². The van der Waals surface area contributed by atoms with Crippen LogP contribution in [-0.2, 0) is 4.74 Å². The number of methoxy groups -OCH3 is 1. The van der Waals surface area contributed by atoms with Gasteiger partial charge in [-0.15, -0.1) is 0 Å². The third kappa shape index (κ3) is 4.56. The number of anilines is 1. The predicted molar refractivity (Wildman–Crippen MR) is 109 cm³/mol. The van der Waals surface area contributed by atoms with Crippen LogP contribution in [0.3, 0.4) is 0 Å². The van der Waals surface area contributed by atoms with E-state index in [9.17, 15) is 4.79 Å². The Kier molecular flexibility index (Phi) is 7.48. The molecule has 0 saturated carbocycles. The van der Waals surface area contributed by atoms with E-state index in [-0.39, 0.29) is 0 Å². The lowest BCUT2D eigenvalue weighted by molar-refractivity contribution is 0.0522. The highest BCUT2D eigenvalue weighted by Crippen LogP contribution is 2.32. The van der Waals surface area contributed by atoms with Crippen molar-refractivity contribution in [3.05, 3.63) is 39.4 Å². The summed E-state index contributed by atoms with van der Waals surface area (Å²) >= 11 is 7.80. The standard InChI is InChI=1S/C19H23ClN2O3S/c1-5-22(6-2)19-21-17(20)15(26-19)12-11-13-9-8-10-14(24-4)16(13)18(23)25-7-3/h8-12H,5-7H2,1-4H3. The number of hydrogen-bond donors (Lipinski definition) is 0. The molecule has 0 amide bonds. The first-order valence-corrected chi connectivity index (χ1v) is 9.68. The smallest absolute Gasteiger partial charge is 0.342 e. The summed E-state index contributed by atoms with van der Waals surface area (Å²) in [6.07, 6.45) is 3.70. The molecule has 2 aromatic rings. The minimum Gasteiger partial charge on any atom is -0.496 e. The number of carbonyl (C=O) groups is 1. The highest BCUT2D eigenvalue weighted by molar-refractivity contribution is 7.17. The van der Waals surface area contributed by atoms with Crippen LogP contribution in [0, 0.1) is 0 Å². The highest BCUT2D eigenvalue weighted by atomic mass is 35.5. The number of rotatable bonds is 8. The lowest BCUT2D eigenvalue weighted by Gasteiger charge is -2.16. The second-order valence-electron chi connectivity index (χ2n) is 5.30. The van der Waals surface area contributed by atoms with Crippen molar-refractivity contribution >= 4 is 46.2 Å². The molecule has 2 rings (SSSR count). The molecule has 1 heterocycles. The number of aromatic nitrogens is 1. The van der Waals surface area contributed by atoms with Crippen LogP contribution in [0.5, 0.6) is 5.75 Å². The fourth-order valence-corrected chi connectivity index (χ4v) is 3.77. The summed E-state index contributed by atoms with van der Waals surface area (Å²) < 4.78 is 10.5. The fourth-order valence-electron chi connectivity index (χ4n) is 2.48. The van der Waals surface area contributed by atoms with Crippen LogP contribution in [0.2, 0.25) is 5.15 Å². The molecule has 1 aromatic heterocycles. The molecular formula is C19H23ClN2O3S. The van der Waals surface area contributed by atoms with E-state index in [4.69, 9.17) is 21.1 Å². The molecule has 0 aliphatic rings. The van der Waals surface area contributed by atoms with Crippen LogP contribution >= 0.6 is 22.9 Å². The van der Waals surface area contributed by atoms with E-state index >= 15 is 0 Å². The molecule has 0 radical (unpaired) electrons. The van der Waals surface area contributed by atoms with E-state index < -0.39 is 5.97 Å². The third-order valence-corrected chi connectivity index (χ3v) is 5.29. The van der Waals surface area contributed by atoms with E-state index in [1.54, 1.807) is 13.0 Å². The molecule has 0 unspecified atom stereocenters. The Morgan fingerprint density at radius 1 is 1.27 bits per heavy atom. The van der Waals surface area contributed by atoms with Crippen molar-refractivity contribution in [2.75, 3.05) is 31.7 Å². The van der Waals surface area contributed by atoms with E-state index in [1.807, 2.05) is 24.3 Å². The second kappa shape index (κ2) is 9.59. The van der Waals surface area contributed by atoms with E-state index in [2.05, 4.69) is 23.7 Å². The van der Waals surface area contributed by atoms with Gasteiger partial charge in [-0.3, -0.25) is 0 Å². The number of halogens is 1. The number of benzene rings is 1. The van der Waals surface area contributed by atoms with Crippen LogP contribution in [0.1, 0.15) is 41.6 Å². The number of hydrogen-bond acceptors (Lipinski definition) is 6. The Balaban J connectivity index is 2.38. The maximum absolute atomic E-state index is 12.3. The Hall–Kier alpha value is -2.05. The van der Waals surface area contributed by atoms with E-state index in [0.29, 0.717) is 28.6 Å². The number of nitrogens with zero attached hydrogens (tertiary/aromatic N) is 2. The Bertz CT molecular complexity index is 785. The van der Waals surface area contributed by atoms with Gasteiger partial charge in [-0.25, -0.2) is 9.78 Å². The summed E-state index contributed by atoms with van der Waals surface area (Å²) in [6, 6.07) is 5.41. The van der Waals surface area contributed by atoms with Crippen molar-refractivity contribution < 1.29 is 14.3 Å². The van der Waals surface area contributed by atoms with Gasteiger partial charge >= 0.3 is 5.97 Å². The lowest BCUT2D eigenvalue weighted by Crippen LogP contribution is -2.21. The molecule has 0 fully saturated rings. The number of thiazole rings is 1. The fraction of sp³-hybridized carbons (Fsp3) is 0.368. The number of ether oxygens (including phenoxy) is 2. The quantitative estimate of drug-likeness (QED) is 0.590. The van der Waals surface area contributed by atoms with Gasteiger partial charge in [0.1, 0.15) is 16.5 Å². The number of carbonyl (C=O) groups excluding carboxylic acids is 1. The SMILES string of the molecule is CCOC(=O)c1c(C=Cc2sc(N(CC)CC)nc2Cl)cccc1OC. The summed E-state index contributed by atoms with van der Waals surface area (Å²) in [5.74, 6) is 0.0636. The number of esters is 1. The Morgan fingerprint density at radius 2 is 2.00 bits per heavy atom. The van der Waals surface area contributed by atoms with Crippen LogP contribution in [0.4, 0.5) is 5.13 Å². The van der Waals surface area contributed by atoms with Crippen molar-refractivity contribution in [1.82, 2.24) is 4.98 Å². The van der Waals surface area contributed by atoms with Crippen LogP contribution < -0.4 is 9.64 Å². The van der Waals surface area contributed by atoms with Gasteiger partial charge in [0.05, 0.1) is 18.6 Å². The summed E-state index contributed by atoms with van der Waals surface area (Å²) in [5, 5.41) is 1.34. The topological polar surface area (TPSA) is 51.7 Å². The Labute approximate surface area is 163 Å². The highest BCUT2D eigenvalue weighted by Gasteiger charge is 2.17. The Morgan fingerprint density at radius 3 is 2.62 bits per heavy atom. The molecule has 1 aromatic carbocycles. The monoisotopic (exact) mass is 394 g/mol. The molecule has 0 N–H and O–H groups in total. The molecule has 7 heteroatoms. The van der Waals surface area contributed by atoms with Gasteiger partial charge in [0.15, 0.2) is 5.13 Å². The zero-order valence-electron chi connectivity index (χ0n) is 15.4. The molecule has 26 heavy (non-hydrogen) atoms. The molecule has 0 aliphatic carbocycles. The van der Waals surface area contributed by atoms with Gasteiger partial charge in [-0.1, -0.05) is 41.1 Å². The van der Waals surface area contributed by atoms with Crippen molar-refractivity contribution in [3.8, 4) is 5.75 Å². The van der Waals surface area contributed by atoms with Gasteiger partial charge in [0.2, 0.25) is 0 Å². The van der Waals surface area contributed by atoms with Gasteiger partial charge in [0.25, 0.3) is 0 Å². The summed E-state index contributed by atoms with van der Waals surface area (Å²) in [5.41, 5.74) is 1.11. The first kappa shape index (κ1) is 20.3. The lowest BCUT2D eigenvalue weighted by atomic mass is 10.1. The van der Waals surface area contributed by atoms with Crippen molar-refractivity contribution in [2.45, 2.75) is 20.8 Å². The molecule has 0 spiro atoms. The van der Waals surface area contributed by atoms with Crippen LogP contribution in [0.15, 0.2) is 18.2 Å². The molecule has 0 atom stereocenters. The van der Waals surface area contributed by atoms with Gasteiger partial charge in [-0.2, -0.15) is 0 Å². The summed E-state index contributed by atoms with van der Waals surface area (Å²) in [4.78, 5) is 19.7. The molecular weight excluding hydrogens is 372 g/mol. The zero-order chi connectivity index (χ0) is 19.1. The molecule has 0 aliphatic heterocycles. The molecule has 0 saturated heterocycles. The van der Waals surface area contributed by atoms with Crippen LogP contribution in [0.25, 0.3) is 12.2 Å². The molecule has 140 valence electrons. The predicted octanol–water partition coefficient (Wildman–Crippen LogP) is 5.00. The van der Waals surface area contributed by atoms with Gasteiger partial charge < -0.3 is 14.4 Å². The minimum atomic E-state index is -0.413. The molecule has 0 bridgehead atoms. The first-order chi connectivity index (χ1) is 12.5. The summed E-state index contributed by atoms with van der Waals surface area (Å²) in [7, 11) is 1.53. The van der Waals surface area contributed by atoms with Crippen molar-refractivity contribution in [3.63, 3.8) is 0 Å². The van der Waals surface area contributed by atoms with E-state index in [0.717, 1.165) is 23.1 Å². The largest absolute Gasteiger partial charge is 0.496 e. The van der Waals surface area contributed by atoms with Gasteiger partial charge in [-0.05, 0) is 38.5 Å². The van der Waals surface area contributed by atoms with Gasteiger partial charge in [0, 0.05) is 13.1 Å². The maximum atomic E-state index is 12.3. The van der Waals surface area contributed by atoms with Crippen LogP contribution in [-0.4, -0.2) is 37.8 Å².